The van der Waals surface area contributed by atoms with Crippen molar-refractivity contribution in [2.24, 2.45) is 0 Å². The van der Waals surface area contributed by atoms with Gasteiger partial charge >= 0.3 is 11.9 Å². The van der Waals surface area contributed by atoms with Gasteiger partial charge in [0.15, 0.2) is 12.4 Å². The van der Waals surface area contributed by atoms with E-state index in [1.165, 1.54) is 17.9 Å². The zero-order valence-electron chi connectivity index (χ0n) is 19.1. The Hall–Kier alpha value is -3.66. The maximum atomic E-state index is 12.8. The van der Waals surface area contributed by atoms with Gasteiger partial charge in [0.25, 0.3) is 5.91 Å². The molecule has 1 aromatic carbocycles. The van der Waals surface area contributed by atoms with Gasteiger partial charge in [-0.2, -0.15) is 5.10 Å². The minimum atomic E-state index is -0.665. The molecule has 9 nitrogen and oxygen atoms in total. The standard InChI is InChI=1S/C23H25N3O6S/c1-6-31-23(29)19-15(4)18(22(28)30-5)21(33-19)24-20(27)16-9-10-26(25-16)12-32-17-8-7-13(2)11-14(17)3/h7-11H,6,12H2,1-5H3,(H,24,27). The van der Waals surface area contributed by atoms with Crippen molar-refractivity contribution in [1.82, 2.24) is 9.78 Å². The van der Waals surface area contributed by atoms with Gasteiger partial charge in [0.05, 0.1) is 19.3 Å². The fourth-order valence-corrected chi connectivity index (χ4v) is 4.24. The molecule has 174 valence electrons. The molecule has 0 unspecified atom stereocenters. The number of amides is 1. The van der Waals surface area contributed by atoms with Crippen molar-refractivity contribution in [2.75, 3.05) is 19.0 Å². The Labute approximate surface area is 195 Å². The number of methoxy groups -OCH3 is 1. The monoisotopic (exact) mass is 471 g/mol. The highest BCUT2D eigenvalue weighted by atomic mass is 32.1. The number of hydrogen-bond acceptors (Lipinski definition) is 8. The number of thiophene rings is 1. The molecule has 0 aliphatic rings. The zero-order chi connectivity index (χ0) is 24.1. The first kappa shape index (κ1) is 24.0. The highest BCUT2D eigenvalue weighted by Gasteiger charge is 2.27. The predicted octanol–water partition coefficient (Wildman–Crippen LogP) is 4.12. The van der Waals surface area contributed by atoms with E-state index in [0.717, 1.165) is 28.2 Å². The van der Waals surface area contributed by atoms with E-state index in [1.807, 2.05) is 32.0 Å². The minimum absolute atomic E-state index is 0.108. The third-order valence-corrected chi connectivity index (χ3v) is 5.97. The van der Waals surface area contributed by atoms with Crippen LogP contribution in [0.4, 0.5) is 5.00 Å². The van der Waals surface area contributed by atoms with Crippen LogP contribution in [0.1, 0.15) is 54.1 Å². The average molecular weight is 472 g/mol. The normalized spacial score (nSPS) is 10.6. The number of hydrogen-bond donors (Lipinski definition) is 1. The Morgan fingerprint density at radius 3 is 2.55 bits per heavy atom. The number of aryl methyl sites for hydroxylation is 2. The first-order chi connectivity index (χ1) is 15.7. The SMILES string of the molecule is CCOC(=O)c1sc(NC(=O)c2ccn(COc3ccc(C)cc3C)n2)c(C(=O)OC)c1C. The van der Waals surface area contributed by atoms with Crippen LogP contribution in [0.15, 0.2) is 30.5 Å². The predicted molar refractivity (Wildman–Crippen MR) is 123 cm³/mol. The Morgan fingerprint density at radius 2 is 1.88 bits per heavy atom. The maximum Gasteiger partial charge on any atom is 0.348 e. The van der Waals surface area contributed by atoms with E-state index in [0.29, 0.717) is 5.56 Å². The third kappa shape index (κ3) is 5.40. The number of ether oxygens (including phenoxy) is 3. The van der Waals surface area contributed by atoms with Crippen LogP contribution >= 0.6 is 11.3 Å². The lowest BCUT2D eigenvalue weighted by atomic mass is 10.1. The number of nitrogens with one attached hydrogen (secondary N) is 1. The molecule has 1 amide bonds. The summed E-state index contributed by atoms with van der Waals surface area (Å²) in [5, 5.41) is 7.08. The zero-order valence-corrected chi connectivity index (χ0v) is 19.9. The van der Waals surface area contributed by atoms with Gasteiger partial charge in [-0.05, 0) is 51.0 Å². The summed E-state index contributed by atoms with van der Waals surface area (Å²) in [6.07, 6.45) is 1.61. The molecule has 0 bridgehead atoms. The highest BCUT2D eigenvalue weighted by Crippen LogP contribution is 2.34. The molecule has 0 aliphatic carbocycles. The van der Waals surface area contributed by atoms with Gasteiger partial charge in [-0.15, -0.1) is 11.3 Å². The van der Waals surface area contributed by atoms with Crippen molar-refractivity contribution < 1.29 is 28.6 Å². The number of aromatic nitrogens is 2. The molecule has 10 heteroatoms. The Balaban J connectivity index is 1.76. The van der Waals surface area contributed by atoms with Crippen LogP contribution in [0.2, 0.25) is 0 Å². The lowest BCUT2D eigenvalue weighted by Gasteiger charge is -2.09. The number of carbonyl (C=O) groups is 3. The minimum Gasteiger partial charge on any atom is -0.471 e. The fourth-order valence-electron chi connectivity index (χ4n) is 3.16. The van der Waals surface area contributed by atoms with E-state index in [9.17, 15) is 14.4 Å². The second-order valence-electron chi connectivity index (χ2n) is 7.21. The second kappa shape index (κ2) is 10.3. The second-order valence-corrected chi connectivity index (χ2v) is 8.23. The van der Waals surface area contributed by atoms with Crippen molar-refractivity contribution in [3.05, 3.63) is 63.3 Å². The van der Waals surface area contributed by atoms with Crippen LogP contribution in [0.5, 0.6) is 5.75 Å². The van der Waals surface area contributed by atoms with Gasteiger partial charge in [-0.1, -0.05) is 17.7 Å². The summed E-state index contributed by atoms with van der Waals surface area (Å²) in [6.45, 7) is 7.56. The van der Waals surface area contributed by atoms with E-state index in [-0.39, 0.29) is 34.5 Å². The third-order valence-electron chi connectivity index (χ3n) is 4.78. The van der Waals surface area contributed by atoms with Crippen molar-refractivity contribution in [3.63, 3.8) is 0 Å². The van der Waals surface area contributed by atoms with Crippen molar-refractivity contribution >= 4 is 34.2 Å². The fraction of sp³-hybridized carbons (Fsp3) is 0.304. The Morgan fingerprint density at radius 1 is 1.12 bits per heavy atom. The summed E-state index contributed by atoms with van der Waals surface area (Å²) < 4.78 is 17.1. The van der Waals surface area contributed by atoms with Gasteiger partial charge in [-0.25, -0.2) is 14.3 Å². The van der Waals surface area contributed by atoms with Gasteiger partial charge in [0.2, 0.25) is 0 Å². The molecule has 1 N–H and O–H groups in total. The first-order valence-electron chi connectivity index (χ1n) is 10.2. The number of nitrogens with zero attached hydrogens (tertiary/aromatic N) is 2. The highest BCUT2D eigenvalue weighted by molar-refractivity contribution is 7.18. The summed E-state index contributed by atoms with van der Waals surface area (Å²) in [4.78, 5) is 37.5. The smallest absolute Gasteiger partial charge is 0.348 e. The lowest BCUT2D eigenvalue weighted by molar-refractivity contribution is 0.0531. The summed E-state index contributed by atoms with van der Waals surface area (Å²) in [5.74, 6) is -1.05. The summed E-state index contributed by atoms with van der Waals surface area (Å²) in [6, 6.07) is 7.39. The molecular formula is C23H25N3O6S. The van der Waals surface area contributed by atoms with Gasteiger partial charge in [0, 0.05) is 6.20 Å². The van der Waals surface area contributed by atoms with Gasteiger partial charge < -0.3 is 19.5 Å². The van der Waals surface area contributed by atoms with Gasteiger partial charge in [-0.3, -0.25) is 4.79 Å². The number of anilines is 1. The molecule has 33 heavy (non-hydrogen) atoms. The van der Waals surface area contributed by atoms with Crippen LogP contribution in [0.25, 0.3) is 0 Å². The molecule has 0 saturated carbocycles. The first-order valence-corrected chi connectivity index (χ1v) is 11.0. The molecule has 0 aliphatic heterocycles. The number of rotatable bonds is 8. The molecule has 0 spiro atoms. The molecule has 0 fully saturated rings. The van der Waals surface area contributed by atoms with Crippen LogP contribution in [-0.4, -0.2) is 41.3 Å². The number of esters is 2. The number of carbonyl (C=O) groups excluding carboxylic acids is 3. The summed E-state index contributed by atoms with van der Waals surface area (Å²) >= 11 is 0.951. The molecule has 3 rings (SSSR count). The van der Waals surface area contributed by atoms with Crippen molar-refractivity contribution in [3.8, 4) is 5.75 Å². The largest absolute Gasteiger partial charge is 0.471 e. The molecule has 3 aromatic rings. The van der Waals surface area contributed by atoms with E-state index in [4.69, 9.17) is 14.2 Å². The van der Waals surface area contributed by atoms with E-state index >= 15 is 0 Å². The van der Waals surface area contributed by atoms with Gasteiger partial charge in [0.1, 0.15) is 15.6 Å². The molecule has 2 aromatic heterocycles. The van der Waals surface area contributed by atoms with Crippen LogP contribution < -0.4 is 10.1 Å². The quantitative estimate of drug-likeness (QED) is 0.492. The Kier molecular flexibility index (Phi) is 7.49. The molecule has 2 heterocycles. The van der Waals surface area contributed by atoms with E-state index in [1.54, 1.807) is 20.0 Å². The molecule has 0 atom stereocenters. The molecule has 0 saturated heterocycles. The number of benzene rings is 1. The van der Waals surface area contributed by atoms with Crippen LogP contribution in [0, 0.1) is 20.8 Å². The lowest BCUT2D eigenvalue weighted by Crippen LogP contribution is -2.16. The average Bonchev–Trinajstić information content (AvgIpc) is 3.37. The topological polar surface area (TPSA) is 109 Å². The maximum absolute atomic E-state index is 12.8. The molecular weight excluding hydrogens is 446 g/mol. The molecule has 0 radical (unpaired) electrons. The Bertz CT molecular complexity index is 1200. The van der Waals surface area contributed by atoms with E-state index in [2.05, 4.69) is 10.4 Å². The van der Waals surface area contributed by atoms with Crippen molar-refractivity contribution in [2.45, 2.75) is 34.4 Å². The van der Waals surface area contributed by atoms with Crippen molar-refractivity contribution in [1.29, 1.82) is 0 Å². The van der Waals surface area contributed by atoms with E-state index < -0.39 is 17.8 Å². The summed E-state index contributed by atoms with van der Waals surface area (Å²) in [7, 11) is 1.23. The van der Waals surface area contributed by atoms with Crippen LogP contribution in [-0.2, 0) is 16.2 Å². The van der Waals surface area contributed by atoms with Crippen LogP contribution in [0.3, 0.4) is 0 Å². The summed E-state index contributed by atoms with van der Waals surface area (Å²) in [5.41, 5.74) is 2.75.